The van der Waals surface area contributed by atoms with E-state index >= 15 is 0 Å². The average molecular weight is 353 g/mol. The molecule has 0 heterocycles. The Morgan fingerprint density at radius 1 is 1.16 bits per heavy atom. The highest BCUT2D eigenvalue weighted by atomic mass is 32.2. The van der Waals surface area contributed by atoms with Crippen molar-refractivity contribution in [3.8, 4) is 18.4 Å². The minimum absolute atomic E-state index is 0.0335. The first kappa shape index (κ1) is 18.2. The molecule has 2 aromatic carbocycles. The van der Waals surface area contributed by atoms with Crippen LogP contribution in [0.25, 0.3) is 0 Å². The molecule has 25 heavy (non-hydrogen) atoms. The van der Waals surface area contributed by atoms with Gasteiger partial charge in [-0.15, -0.1) is 6.42 Å². The van der Waals surface area contributed by atoms with Gasteiger partial charge in [0.2, 0.25) is 10.0 Å². The molecule has 0 aliphatic heterocycles. The Labute approximate surface area is 146 Å². The van der Waals surface area contributed by atoms with Crippen molar-refractivity contribution < 1.29 is 13.2 Å². The SMILES string of the molecule is C#CCNS(=O)(=O)c1cccc(C(=O)NCc2ccc(C#N)cc2)c1. The Morgan fingerprint density at radius 3 is 2.52 bits per heavy atom. The van der Waals surface area contributed by atoms with Crippen LogP contribution in [0.4, 0.5) is 0 Å². The van der Waals surface area contributed by atoms with Gasteiger partial charge < -0.3 is 5.32 Å². The Bertz CT molecular complexity index is 952. The second-order valence-corrected chi connectivity index (χ2v) is 6.81. The maximum atomic E-state index is 12.2. The normalized spacial score (nSPS) is 10.5. The molecular formula is C18H15N3O3S. The minimum Gasteiger partial charge on any atom is -0.348 e. The van der Waals surface area contributed by atoms with Gasteiger partial charge in [-0.1, -0.05) is 24.1 Å². The van der Waals surface area contributed by atoms with Gasteiger partial charge in [-0.05, 0) is 35.9 Å². The van der Waals surface area contributed by atoms with Gasteiger partial charge in [-0.2, -0.15) is 9.98 Å². The lowest BCUT2D eigenvalue weighted by molar-refractivity contribution is 0.0950. The van der Waals surface area contributed by atoms with Crippen LogP contribution < -0.4 is 10.0 Å². The van der Waals surface area contributed by atoms with Gasteiger partial charge >= 0.3 is 0 Å². The van der Waals surface area contributed by atoms with Crippen molar-refractivity contribution in [2.45, 2.75) is 11.4 Å². The van der Waals surface area contributed by atoms with E-state index in [1.54, 1.807) is 24.3 Å². The van der Waals surface area contributed by atoms with Crippen LogP contribution in [-0.2, 0) is 16.6 Å². The van der Waals surface area contributed by atoms with Gasteiger partial charge in [0, 0.05) is 12.1 Å². The topological polar surface area (TPSA) is 99.1 Å². The van der Waals surface area contributed by atoms with Crippen LogP contribution >= 0.6 is 0 Å². The van der Waals surface area contributed by atoms with Crippen molar-refractivity contribution in [2.75, 3.05) is 6.54 Å². The number of nitrogens with zero attached hydrogens (tertiary/aromatic N) is 1. The first-order valence-corrected chi connectivity index (χ1v) is 8.75. The lowest BCUT2D eigenvalue weighted by Crippen LogP contribution is -2.25. The molecule has 2 rings (SSSR count). The van der Waals surface area contributed by atoms with Gasteiger partial charge in [0.05, 0.1) is 23.1 Å². The first-order chi connectivity index (χ1) is 12.0. The van der Waals surface area contributed by atoms with E-state index in [4.69, 9.17) is 11.7 Å². The standard InChI is InChI=1S/C18H15N3O3S/c1-2-10-21-25(23,24)17-5-3-4-16(11-17)18(22)20-13-15-8-6-14(12-19)7-9-15/h1,3-9,11,21H,10,13H2,(H,20,22). The smallest absolute Gasteiger partial charge is 0.251 e. The molecule has 6 nitrogen and oxygen atoms in total. The molecule has 126 valence electrons. The Hall–Kier alpha value is -3.13. The molecule has 0 spiro atoms. The molecule has 0 fully saturated rings. The molecule has 0 unspecified atom stereocenters. The van der Waals surface area contributed by atoms with Crippen molar-refractivity contribution in [1.82, 2.24) is 10.0 Å². The molecule has 0 aliphatic rings. The molecule has 0 atom stereocenters. The summed E-state index contributed by atoms with van der Waals surface area (Å²) in [5, 5.41) is 11.5. The zero-order valence-electron chi connectivity index (χ0n) is 13.2. The van der Waals surface area contributed by atoms with Crippen LogP contribution in [0.3, 0.4) is 0 Å². The third-order valence-corrected chi connectivity index (χ3v) is 4.71. The quantitative estimate of drug-likeness (QED) is 0.767. The van der Waals surface area contributed by atoms with Crippen LogP contribution in [0, 0.1) is 23.7 Å². The van der Waals surface area contributed by atoms with E-state index in [0.29, 0.717) is 5.56 Å². The monoisotopic (exact) mass is 353 g/mol. The average Bonchev–Trinajstić information content (AvgIpc) is 2.65. The molecular weight excluding hydrogens is 338 g/mol. The van der Waals surface area contributed by atoms with E-state index in [2.05, 4.69) is 16.0 Å². The summed E-state index contributed by atoms with van der Waals surface area (Å²) in [6.45, 7) is 0.133. The fraction of sp³-hybridized carbons (Fsp3) is 0.111. The highest BCUT2D eigenvalue weighted by Gasteiger charge is 2.15. The summed E-state index contributed by atoms with van der Waals surface area (Å²) in [5.74, 6) is 1.78. The molecule has 0 bridgehead atoms. The van der Waals surface area contributed by atoms with Gasteiger partial charge in [0.1, 0.15) is 0 Å². The summed E-state index contributed by atoms with van der Waals surface area (Å²) >= 11 is 0. The number of amides is 1. The number of carbonyl (C=O) groups is 1. The number of nitrogens with one attached hydrogen (secondary N) is 2. The molecule has 0 saturated heterocycles. The number of sulfonamides is 1. The fourth-order valence-electron chi connectivity index (χ4n) is 2.01. The Morgan fingerprint density at radius 2 is 1.88 bits per heavy atom. The molecule has 0 aliphatic carbocycles. The summed E-state index contributed by atoms with van der Waals surface area (Å²) in [5.41, 5.74) is 1.58. The number of carbonyl (C=O) groups excluding carboxylic acids is 1. The zero-order chi connectivity index (χ0) is 18.3. The van der Waals surface area contributed by atoms with E-state index in [-0.39, 0.29) is 23.5 Å². The summed E-state index contributed by atoms with van der Waals surface area (Å²) in [7, 11) is -3.76. The number of terminal acetylenes is 1. The molecule has 0 aromatic heterocycles. The van der Waals surface area contributed by atoms with Crippen molar-refractivity contribution in [2.24, 2.45) is 0 Å². The van der Waals surface area contributed by atoms with Crippen LogP contribution in [0.2, 0.25) is 0 Å². The lowest BCUT2D eigenvalue weighted by Gasteiger charge is -2.08. The van der Waals surface area contributed by atoms with Gasteiger partial charge in [-0.25, -0.2) is 8.42 Å². The van der Waals surface area contributed by atoms with Crippen molar-refractivity contribution in [3.63, 3.8) is 0 Å². The first-order valence-electron chi connectivity index (χ1n) is 7.26. The van der Waals surface area contributed by atoms with Crippen molar-refractivity contribution in [1.29, 1.82) is 5.26 Å². The number of rotatable bonds is 6. The second-order valence-electron chi connectivity index (χ2n) is 5.05. The highest BCUT2D eigenvalue weighted by Crippen LogP contribution is 2.12. The molecule has 2 N–H and O–H groups in total. The third-order valence-electron chi connectivity index (χ3n) is 3.31. The molecule has 1 amide bonds. The summed E-state index contributed by atoms with van der Waals surface area (Å²) in [6.07, 6.45) is 5.05. The molecule has 7 heteroatoms. The Balaban J connectivity index is 2.08. The van der Waals surface area contributed by atoms with Crippen molar-refractivity contribution >= 4 is 15.9 Å². The fourth-order valence-corrected chi connectivity index (χ4v) is 2.99. The van der Waals surface area contributed by atoms with E-state index in [9.17, 15) is 13.2 Å². The minimum atomic E-state index is -3.76. The van der Waals surface area contributed by atoms with E-state index in [0.717, 1.165) is 5.56 Å². The summed E-state index contributed by atoms with van der Waals surface area (Å²) in [6, 6.07) is 14.5. The lowest BCUT2D eigenvalue weighted by atomic mass is 10.1. The second kappa shape index (κ2) is 8.11. The van der Waals surface area contributed by atoms with Gasteiger partial charge in [0.25, 0.3) is 5.91 Å². The predicted molar refractivity (Wildman–Crippen MR) is 92.8 cm³/mol. The third kappa shape index (κ3) is 4.92. The van der Waals surface area contributed by atoms with Crippen LogP contribution in [0.5, 0.6) is 0 Å². The summed E-state index contributed by atoms with van der Waals surface area (Å²) < 4.78 is 26.3. The number of hydrogen-bond acceptors (Lipinski definition) is 4. The zero-order valence-corrected chi connectivity index (χ0v) is 14.0. The van der Waals surface area contributed by atoms with E-state index < -0.39 is 15.9 Å². The largest absolute Gasteiger partial charge is 0.348 e. The maximum absolute atomic E-state index is 12.2. The van der Waals surface area contributed by atoms with Crippen molar-refractivity contribution in [3.05, 3.63) is 65.2 Å². The Kier molecular flexibility index (Phi) is 5.91. The number of nitriles is 1. The molecule has 2 aromatic rings. The maximum Gasteiger partial charge on any atom is 0.251 e. The summed E-state index contributed by atoms with van der Waals surface area (Å²) in [4.78, 5) is 12.2. The van der Waals surface area contributed by atoms with Gasteiger partial charge in [0.15, 0.2) is 0 Å². The molecule has 0 radical (unpaired) electrons. The number of hydrogen-bond donors (Lipinski definition) is 2. The van der Waals surface area contributed by atoms with Gasteiger partial charge in [-0.3, -0.25) is 4.79 Å². The van der Waals surface area contributed by atoms with Crippen LogP contribution in [0.1, 0.15) is 21.5 Å². The predicted octanol–water partition coefficient (Wildman–Crippen LogP) is 1.40. The van der Waals surface area contributed by atoms with Crippen LogP contribution in [-0.4, -0.2) is 20.9 Å². The van der Waals surface area contributed by atoms with E-state index in [1.165, 1.54) is 24.3 Å². The van der Waals surface area contributed by atoms with E-state index in [1.807, 2.05) is 6.07 Å². The van der Waals surface area contributed by atoms with Crippen LogP contribution in [0.15, 0.2) is 53.4 Å². The number of benzene rings is 2. The highest BCUT2D eigenvalue weighted by molar-refractivity contribution is 7.89. The molecule has 0 saturated carbocycles.